The molecule has 0 bridgehead atoms. The van der Waals surface area contributed by atoms with Crippen molar-refractivity contribution in [1.29, 1.82) is 0 Å². The number of likely N-dealkylation sites (N-methyl/N-ethyl adjacent to an activating group) is 1. The fourth-order valence-electron chi connectivity index (χ4n) is 1.48. The first-order valence-electron chi connectivity index (χ1n) is 6.02. The molecule has 1 aromatic rings. The molecule has 0 aliphatic carbocycles. The van der Waals surface area contributed by atoms with Gasteiger partial charge in [0.05, 0.1) is 18.8 Å². The Kier molecular flexibility index (Phi) is 6.54. The van der Waals surface area contributed by atoms with Crippen molar-refractivity contribution in [2.24, 2.45) is 0 Å². The first-order chi connectivity index (χ1) is 9.70. The Labute approximate surface area is 133 Å². The molecule has 0 spiro atoms. The molecule has 1 heterocycles. The minimum absolute atomic E-state index is 0.0511. The zero-order valence-electron chi connectivity index (χ0n) is 12.3. The van der Waals surface area contributed by atoms with E-state index in [1.807, 2.05) is 0 Å². The zero-order chi connectivity index (χ0) is 16.2. The van der Waals surface area contributed by atoms with Gasteiger partial charge in [0.1, 0.15) is 0 Å². The number of hydrogen-bond acceptors (Lipinski definition) is 6. The molecule has 1 amide bonds. The number of sulfonamides is 1. The molecule has 120 valence electrons. The molecule has 0 N–H and O–H groups in total. The van der Waals surface area contributed by atoms with Crippen molar-refractivity contribution >= 4 is 38.9 Å². The van der Waals surface area contributed by atoms with E-state index in [-0.39, 0.29) is 34.3 Å². The van der Waals surface area contributed by atoms with Crippen molar-refractivity contribution < 1.29 is 17.9 Å². The van der Waals surface area contributed by atoms with Crippen molar-refractivity contribution in [1.82, 2.24) is 14.2 Å². The molecule has 0 aliphatic heterocycles. The summed E-state index contributed by atoms with van der Waals surface area (Å²) in [4.78, 5) is 17.1. The summed E-state index contributed by atoms with van der Waals surface area (Å²) in [5, 5.41) is 0. The van der Waals surface area contributed by atoms with E-state index >= 15 is 0 Å². The number of halogens is 1. The predicted octanol–water partition coefficient (Wildman–Crippen LogP) is 0.830. The number of nitrogens with zero attached hydrogens (tertiary/aromatic N) is 3. The minimum Gasteiger partial charge on any atom is -0.383 e. The van der Waals surface area contributed by atoms with E-state index in [0.29, 0.717) is 5.69 Å². The monoisotopic (exact) mass is 355 g/mol. The smallest absolute Gasteiger partial charge is 0.255 e. The lowest BCUT2D eigenvalue weighted by Gasteiger charge is -2.22. The average molecular weight is 356 g/mol. The van der Waals surface area contributed by atoms with Crippen molar-refractivity contribution in [2.45, 2.75) is 11.1 Å². The van der Waals surface area contributed by atoms with Crippen LogP contribution in [0.15, 0.2) is 4.21 Å². The molecule has 0 unspecified atom stereocenters. The number of methoxy groups -OCH3 is 1. The molecule has 1 rings (SSSR count). The first-order valence-corrected chi connectivity index (χ1v) is 8.65. The van der Waals surface area contributed by atoms with Crippen LogP contribution in [0.2, 0.25) is 4.47 Å². The molecule has 1 aromatic heterocycles. The summed E-state index contributed by atoms with van der Waals surface area (Å²) in [5.74, 6) is -0.317. The van der Waals surface area contributed by atoms with Gasteiger partial charge in [-0.2, -0.15) is 4.31 Å². The van der Waals surface area contributed by atoms with Gasteiger partial charge in [-0.25, -0.2) is 13.4 Å². The molecule has 10 heteroatoms. The van der Waals surface area contributed by atoms with Crippen LogP contribution in [0.1, 0.15) is 5.69 Å². The Balaban J connectivity index is 3.11. The lowest BCUT2D eigenvalue weighted by molar-refractivity contribution is -0.128. The highest BCUT2D eigenvalue weighted by molar-refractivity contribution is 7.91. The first kappa shape index (κ1) is 18.3. The quantitative estimate of drug-likeness (QED) is 0.723. The van der Waals surface area contributed by atoms with Crippen LogP contribution in [-0.4, -0.2) is 69.4 Å². The standard InChI is InChI=1S/C11H18ClN3O4S2/c1-8-10(20-11(12)13-8)21(17,18)15(5-6-19-4)7-9(16)14(2)3/h5-7H2,1-4H3. The van der Waals surface area contributed by atoms with E-state index in [1.165, 1.54) is 12.0 Å². The van der Waals surface area contributed by atoms with Crippen LogP contribution in [-0.2, 0) is 19.6 Å². The largest absolute Gasteiger partial charge is 0.383 e. The zero-order valence-corrected chi connectivity index (χ0v) is 14.7. The Hall–Kier alpha value is -0.740. The van der Waals surface area contributed by atoms with Crippen LogP contribution in [0.25, 0.3) is 0 Å². The maximum absolute atomic E-state index is 12.6. The Morgan fingerprint density at radius 1 is 1.43 bits per heavy atom. The predicted molar refractivity (Wildman–Crippen MR) is 81.2 cm³/mol. The molecule has 0 saturated carbocycles. The normalized spacial score (nSPS) is 11.9. The highest BCUT2D eigenvalue weighted by Crippen LogP contribution is 2.29. The summed E-state index contributed by atoms with van der Waals surface area (Å²) in [6, 6.07) is 0. The number of hydrogen-bond donors (Lipinski definition) is 0. The van der Waals surface area contributed by atoms with E-state index < -0.39 is 10.0 Å². The summed E-state index contributed by atoms with van der Waals surface area (Å²) in [6.45, 7) is 1.57. The van der Waals surface area contributed by atoms with Crippen LogP contribution < -0.4 is 0 Å². The second-order valence-electron chi connectivity index (χ2n) is 4.46. The lowest BCUT2D eigenvalue weighted by Crippen LogP contribution is -2.41. The van der Waals surface area contributed by atoms with Crippen LogP contribution >= 0.6 is 22.9 Å². The van der Waals surface area contributed by atoms with Gasteiger partial charge in [-0.3, -0.25) is 4.79 Å². The molecular formula is C11H18ClN3O4S2. The average Bonchev–Trinajstić information content (AvgIpc) is 2.73. The Morgan fingerprint density at radius 3 is 2.48 bits per heavy atom. The van der Waals surface area contributed by atoms with E-state index in [9.17, 15) is 13.2 Å². The minimum atomic E-state index is -3.83. The molecule has 0 radical (unpaired) electrons. The van der Waals surface area contributed by atoms with Gasteiger partial charge in [0.15, 0.2) is 8.68 Å². The number of thiazole rings is 1. The summed E-state index contributed by atoms with van der Waals surface area (Å²) >= 11 is 6.64. The van der Waals surface area contributed by atoms with Crippen LogP contribution in [0, 0.1) is 6.92 Å². The van der Waals surface area contributed by atoms with Gasteiger partial charge in [-0.05, 0) is 6.92 Å². The molecule has 21 heavy (non-hydrogen) atoms. The van der Waals surface area contributed by atoms with E-state index in [0.717, 1.165) is 15.6 Å². The number of amides is 1. The van der Waals surface area contributed by atoms with Gasteiger partial charge >= 0.3 is 0 Å². The third-order valence-corrected chi connectivity index (χ3v) is 6.35. The molecule has 0 atom stereocenters. The van der Waals surface area contributed by atoms with Gasteiger partial charge in [0, 0.05) is 27.7 Å². The van der Waals surface area contributed by atoms with E-state index in [2.05, 4.69) is 4.98 Å². The fraction of sp³-hybridized carbons (Fsp3) is 0.636. The second-order valence-corrected chi connectivity index (χ2v) is 8.17. The second kappa shape index (κ2) is 7.50. The molecule has 0 aliphatic rings. The maximum atomic E-state index is 12.6. The lowest BCUT2D eigenvalue weighted by atomic mass is 10.5. The summed E-state index contributed by atoms with van der Waals surface area (Å²) in [7, 11) is 0.767. The van der Waals surface area contributed by atoms with Crippen LogP contribution in [0.4, 0.5) is 0 Å². The van der Waals surface area contributed by atoms with E-state index in [4.69, 9.17) is 16.3 Å². The summed E-state index contributed by atoms with van der Waals surface area (Å²) in [5.41, 5.74) is 0.324. The van der Waals surface area contributed by atoms with Gasteiger partial charge in [0.2, 0.25) is 5.91 Å². The van der Waals surface area contributed by atoms with Gasteiger partial charge in [-0.15, -0.1) is 0 Å². The number of aromatic nitrogens is 1. The highest BCUT2D eigenvalue weighted by Gasteiger charge is 2.30. The van der Waals surface area contributed by atoms with Crippen molar-refractivity contribution in [2.75, 3.05) is 40.9 Å². The van der Waals surface area contributed by atoms with Crippen LogP contribution in [0.3, 0.4) is 0 Å². The highest BCUT2D eigenvalue weighted by atomic mass is 35.5. The third-order valence-electron chi connectivity index (χ3n) is 2.66. The Bertz CT molecular complexity index is 601. The van der Waals surface area contributed by atoms with Crippen molar-refractivity contribution in [3.8, 4) is 0 Å². The SMILES string of the molecule is COCCN(CC(=O)N(C)C)S(=O)(=O)c1sc(Cl)nc1C. The van der Waals surface area contributed by atoms with E-state index in [1.54, 1.807) is 21.0 Å². The third kappa shape index (κ3) is 4.62. The van der Waals surface area contributed by atoms with Gasteiger partial charge in [-0.1, -0.05) is 22.9 Å². The maximum Gasteiger partial charge on any atom is 0.255 e. The van der Waals surface area contributed by atoms with Gasteiger partial charge < -0.3 is 9.64 Å². The van der Waals surface area contributed by atoms with Crippen LogP contribution in [0.5, 0.6) is 0 Å². The number of rotatable bonds is 7. The number of carbonyl (C=O) groups excluding carboxylic acids is 1. The van der Waals surface area contributed by atoms with Crippen molar-refractivity contribution in [3.63, 3.8) is 0 Å². The summed E-state index contributed by atoms with van der Waals surface area (Å²) < 4.78 is 31.5. The molecule has 7 nitrogen and oxygen atoms in total. The van der Waals surface area contributed by atoms with Gasteiger partial charge in [0.25, 0.3) is 10.0 Å². The topological polar surface area (TPSA) is 79.8 Å². The number of ether oxygens (including phenoxy) is 1. The number of carbonyl (C=O) groups is 1. The summed E-state index contributed by atoms with van der Waals surface area (Å²) in [6.07, 6.45) is 0. The van der Waals surface area contributed by atoms with Crippen molar-refractivity contribution in [3.05, 3.63) is 10.2 Å². The molecular weight excluding hydrogens is 338 g/mol. The Morgan fingerprint density at radius 2 is 2.05 bits per heavy atom. The molecule has 0 saturated heterocycles. The fourth-order valence-corrected chi connectivity index (χ4v) is 4.72. The number of aryl methyl sites for hydroxylation is 1. The molecule has 0 fully saturated rings. The molecule has 0 aromatic carbocycles.